The number of hydrogen-bond acceptors (Lipinski definition) is 7. The molecule has 0 saturated carbocycles. The standard InChI is InChI=1S/C18H20N4O3S/c1-11-8-12(2)20-18(19-11)26-10-17(23)22-21-13(3)14-4-5-15-16(9-14)25-7-6-24-15/h4-5,8-9H,6-7,10H2,1-3H3,(H,22,23). The van der Waals surface area contributed by atoms with E-state index >= 15 is 0 Å². The molecular formula is C18H20N4O3S. The summed E-state index contributed by atoms with van der Waals surface area (Å²) in [4.78, 5) is 20.6. The lowest BCUT2D eigenvalue weighted by atomic mass is 10.1. The van der Waals surface area contributed by atoms with Gasteiger partial charge in [0.15, 0.2) is 16.7 Å². The van der Waals surface area contributed by atoms with Gasteiger partial charge in [0.1, 0.15) is 13.2 Å². The van der Waals surface area contributed by atoms with Gasteiger partial charge in [-0.3, -0.25) is 4.79 Å². The highest BCUT2D eigenvalue weighted by Gasteiger charge is 2.13. The Kier molecular flexibility index (Phi) is 5.72. The molecule has 0 bridgehead atoms. The average molecular weight is 372 g/mol. The van der Waals surface area contributed by atoms with Crippen molar-refractivity contribution in [2.45, 2.75) is 25.9 Å². The van der Waals surface area contributed by atoms with Crippen LogP contribution >= 0.6 is 11.8 Å². The maximum absolute atomic E-state index is 12.0. The second-order valence-corrected chi connectivity index (χ2v) is 6.76. The van der Waals surface area contributed by atoms with Crippen LogP contribution in [0.3, 0.4) is 0 Å². The van der Waals surface area contributed by atoms with Crippen LogP contribution in [0.1, 0.15) is 23.9 Å². The number of carbonyl (C=O) groups is 1. The topological polar surface area (TPSA) is 85.7 Å². The van der Waals surface area contributed by atoms with Gasteiger partial charge in [0.25, 0.3) is 5.91 Å². The molecule has 2 aromatic rings. The zero-order valence-electron chi connectivity index (χ0n) is 14.9. The number of benzene rings is 1. The number of rotatable bonds is 5. The molecule has 0 aliphatic carbocycles. The van der Waals surface area contributed by atoms with Crippen molar-refractivity contribution in [3.8, 4) is 11.5 Å². The maximum Gasteiger partial charge on any atom is 0.250 e. The molecule has 1 aromatic heterocycles. The number of nitrogens with one attached hydrogen (secondary N) is 1. The Morgan fingerprint density at radius 1 is 1.15 bits per heavy atom. The van der Waals surface area contributed by atoms with Crippen molar-refractivity contribution in [2.24, 2.45) is 5.10 Å². The Bertz CT molecular complexity index is 834. The third-order valence-corrected chi connectivity index (χ3v) is 4.45. The van der Waals surface area contributed by atoms with E-state index in [1.807, 2.05) is 45.0 Å². The second-order valence-electron chi connectivity index (χ2n) is 5.81. The first kappa shape index (κ1) is 18.2. The summed E-state index contributed by atoms with van der Waals surface area (Å²) in [5, 5.41) is 4.75. The van der Waals surface area contributed by atoms with E-state index in [0.717, 1.165) is 22.7 Å². The van der Waals surface area contributed by atoms with E-state index in [2.05, 4.69) is 20.5 Å². The Morgan fingerprint density at radius 3 is 2.58 bits per heavy atom. The van der Waals surface area contributed by atoms with Gasteiger partial charge in [-0.1, -0.05) is 11.8 Å². The van der Waals surface area contributed by atoms with E-state index in [-0.39, 0.29) is 11.7 Å². The fraction of sp³-hybridized carbons (Fsp3) is 0.333. The van der Waals surface area contributed by atoms with Crippen LogP contribution in [0.4, 0.5) is 0 Å². The fourth-order valence-electron chi connectivity index (χ4n) is 2.40. The largest absolute Gasteiger partial charge is 0.486 e. The molecule has 1 N–H and O–H groups in total. The first-order valence-electron chi connectivity index (χ1n) is 8.19. The first-order valence-corrected chi connectivity index (χ1v) is 9.18. The molecule has 0 spiro atoms. The Morgan fingerprint density at radius 2 is 1.85 bits per heavy atom. The molecule has 0 saturated heterocycles. The summed E-state index contributed by atoms with van der Waals surface area (Å²) in [5.74, 6) is 1.40. The quantitative estimate of drug-likeness (QED) is 0.376. The van der Waals surface area contributed by atoms with E-state index in [0.29, 0.717) is 29.8 Å². The van der Waals surface area contributed by atoms with E-state index in [4.69, 9.17) is 9.47 Å². The van der Waals surface area contributed by atoms with Crippen molar-refractivity contribution in [2.75, 3.05) is 19.0 Å². The van der Waals surface area contributed by atoms with Crippen LogP contribution in [0, 0.1) is 13.8 Å². The summed E-state index contributed by atoms with van der Waals surface area (Å²) in [7, 11) is 0. The second kappa shape index (κ2) is 8.18. The fourth-order valence-corrected chi connectivity index (χ4v) is 3.14. The molecule has 2 heterocycles. The van der Waals surface area contributed by atoms with Gasteiger partial charge in [-0.05, 0) is 45.0 Å². The molecule has 1 aromatic carbocycles. The summed E-state index contributed by atoms with van der Waals surface area (Å²) in [5.41, 5.74) is 5.87. The lowest BCUT2D eigenvalue weighted by molar-refractivity contribution is -0.118. The smallest absolute Gasteiger partial charge is 0.250 e. The monoisotopic (exact) mass is 372 g/mol. The van der Waals surface area contributed by atoms with Crippen LogP contribution in [0.15, 0.2) is 34.5 Å². The van der Waals surface area contributed by atoms with Crippen molar-refractivity contribution in [3.63, 3.8) is 0 Å². The van der Waals surface area contributed by atoms with Crippen molar-refractivity contribution < 1.29 is 14.3 Å². The molecular weight excluding hydrogens is 352 g/mol. The highest BCUT2D eigenvalue weighted by atomic mass is 32.2. The van der Waals surface area contributed by atoms with E-state index in [1.165, 1.54) is 11.8 Å². The molecule has 7 nitrogen and oxygen atoms in total. The van der Waals surface area contributed by atoms with Gasteiger partial charge in [-0.2, -0.15) is 5.10 Å². The molecule has 26 heavy (non-hydrogen) atoms. The summed E-state index contributed by atoms with van der Waals surface area (Å²) < 4.78 is 11.1. The number of thioether (sulfide) groups is 1. The number of aryl methyl sites for hydroxylation is 2. The number of aromatic nitrogens is 2. The lowest BCUT2D eigenvalue weighted by Gasteiger charge is -2.18. The molecule has 0 unspecified atom stereocenters. The van der Waals surface area contributed by atoms with Crippen LogP contribution in [-0.4, -0.2) is 40.6 Å². The summed E-state index contributed by atoms with van der Waals surface area (Å²) in [6.07, 6.45) is 0. The third-order valence-electron chi connectivity index (χ3n) is 3.60. The van der Waals surface area contributed by atoms with Crippen LogP contribution < -0.4 is 14.9 Å². The normalized spacial score (nSPS) is 13.4. The van der Waals surface area contributed by atoms with Gasteiger partial charge < -0.3 is 9.47 Å². The van der Waals surface area contributed by atoms with Crippen molar-refractivity contribution in [3.05, 3.63) is 41.2 Å². The minimum Gasteiger partial charge on any atom is -0.486 e. The Labute approximate surface area is 156 Å². The van der Waals surface area contributed by atoms with Crippen molar-refractivity contribution >= 4 is 23.4 Å². The summed E-state index contributed by atoms with van der Waals surface area (Å²) in [6, 6.07) is 7.48. The Balaban J connectivity index is 1.57. The minimum atomic E-state index is -0.213. The SMILES string of the molecule is CC(=NNC(=O)CSc1nc(C)cc(C)n1)c1ccc2c(c1)OCCO2. The molecule has 136 valence electrons. The van der Waals surface area contributed by atoms with Gasteiger partial charge in [0.2, 0.25) is 0 Å². The average Bonchev–Trinajstić information content (AvgIpc) is 2.63. The molecule has 8 heteroatoms. The molecule has 0 fully saturated rings. The number of nitrogens with zero attached hydrogens (tertiary/aromatic N) is 3. The third kappa shape index (κ3) is 4.72. The predicted octanol–water partition coefficient (Wildman–Crippen LogP) is 2.50. The van der Waals surface area contributed by atoms with Crippen LogP contribution in [-0.2, 0) is 4.79 Å². The minimum absolute atomic E-state index is 0.195. The zero-order chi connectivity index (χ0) is 18.5. The first-order chi connectivity index (χ1) is 12.5. The molecule has 3 rings (SSSR count). The lowest BCUT2D eigenvalue weighted by Crippen LogP contribution is -2.21. The van der Waals surface area contributed by atoms with Crippen LogP contribution in [0.5, 0.6) is 11.5 Å². The zero-order valence-corrected chi connectivity index (χ0v) is 15.7. The molecule has 1 aliphatic heterocycles. The van der Waals surface area contributed by atoms with E-state index in [9.17, 15) is 4.79 Å². The van der Waals surface area contributed by atoms with E-state index < -0.39 is 0 Å². The van der Waals surface area contributed by atoms with Gasteiger partial charge in [0, 0.05) is 17.0 Å². The number of hydrazone groups is 1. The highest BCUT2D eigenvalue weighted by molar-refractivity contribution is 7.99. The Hall–Kier alpha value is -2.61. The summed E-state index contributed by atoms with van der Waals surface area (Å²) in [6.45, 7) is 6.71. The van der Waals surface area contributed by atoms with Crippen LogP contribution in [0.2, 0.25) is 0 Å². The van der Waals surface area contributed by atoms with Gasteiger partial charge in [-0.25, -0.2) is 15.4 Å². The number of amides is 1. The van der Waals surface area contributed by atoms with Crippen LogP contribution in [0.25, 0.3) is 0 Å². The maximum atomic E-state index is 12.0. The van der Waals surface area contributed by atoms with E-state index in [1.54, 1.807) is 0 Å². The van der Waals surface area contributed by atoms with Gasteiger partial charge in [-0.15, -0.1) is 0 Å². The number of hydrogen-bond donors (Lipinski definition) is 1. The number of fused-ring (bicyclic) bond motifs is 1. The molecule has 1 aliphatic rings. The molecule has 1 amide bonds. The molecule has 0 radical (unpaired) electrons. The molecule has 0 atom stereocenters. The number of ether oxygens (including phenoxy) is 2. The summed E-state index contributed by atoms with van der Waals surface area (Å²) >= 11 is 1.28. The number of carbonyl (C=O) groups excluding carboxylic acids is 1. The predicted molar refractivity (Wildman–Crippen MR) is 100 cm³/mol. The van der Waals surface area contributed by atoms with Gasteiger partial charge >= 0.3 is 0 Å². The van der Waals surface area contributed by atoms with Crippen molar-refractivity contribution in [1.29, 1.82) is 0 Å². The van der Waals surface area contributed by atoms with Crippen molar-refractivity contribution in [1.82, 2.24) is 15.4 Å². The highest BCUT2D eigenvalue weighted by Crippen LogP contribution is 2.30. The van der Waals surface area contributed by atoms with Gasteiger partial charge in [0.05, 0.1) is 11.5 Å².